The Morgan fingerprint density at radius 3 is 2.86 bits per heavy atom. The van der Waals surface area contributed by atoms with E-state index in [1.807, 2.05) is 19.1 Å². The van der Waals surface area contributed by atoms with E-state index in [0.717, 1.165) is 11.3 Å². The Balaban J connectivity index is 1.88. The van der Waals surface area contributed by atoms with Gasteiger partial charge in [0.05, 0.1) is 12.8 Å². The molecule has 1 aromatic heterocycles. The second kappa shape index (κ2) is 6.95. The van der Waals surface area contributed by atoms with Crippen molar-refractivity contribution in [2.24, 2.45) is 5.10 Å². The quantitative estimate of drug-likeness (QED) is 0.658. The summed E-state index contributed by atoms with van der Waals surface area (Å²) in [6.07, 6.45) is 1.56. The molecule has 0 fully saturated rings. The molecule has 1 heterocycles. The third-order valence-corrected chi connectivity index (χ3v) is 3.34. The standard InChI is InChI=1S/C15H16ClN3O2/c1-10-12(16)5-3-6-13(10)17-9-15(20)19-18-11(2)14-7-4-8-21-14/h3-8,17H,9H2,1-2H3,(H,19,20)/b18-11+. The van der Waals surface area contributed by atoms with E-state index in [0.29, 0.717) is 16.5 Å². The topological polar surface area (TPSA) is 66.6 Å². The maximum absolute atomic E-state index is 11.7. The van der Waals surface area contributed by atoms with Gasteiger partial charge in [-0.15, -0.1) is 0 Å². The fraction of sp³-hybridized carbons (Fsp3) is 0.200. The summed E-state index contributed by atoms with van der Waals surface area (Å²) in [5.74, 6) is 0.370. The number of hydrogen-bond acceptors (Lipinski definition) is 4. The highest BCUT2D eigenvalue weighted by atomic mass is 35.5. The minimum Gasteiger partial charge on any atom is -0.463 e. The van der Waals surface area contributed by atoms with E-state index in [9.17, 15) is 4.79 Å². The Labute approximate surface area is 128 Å². The van der Waals surface area contributed by atoms with E-state index in [-0.39, 0.29) is 12.5 Å². The molecule has 5 nitrogen and oxygen atoms in total. The number of hydrogen-bond donors (Lipinski definition) is 2. The lowest BCUT2D eigenvalue weighted by atomic mass is 10.2. The summed E-state index contributed by atoms with van der Waals surface area (Å²) < 4.78 is 5.17. The van der Waals surface area contributed by atoms with Crippen molar-refractivity contribution < 1.29 is 9.21 Å². The second-order valence-electron chi connectivity index (χ2n) is 4.48. The van der Waals surface area contributed by atoms with Crippen molar-refractivity contribution in [2.75, 3.05) is 11.9 Å². The van der Waals surface area contributed by atoms with Crippen molar-refractivity contribution in [3.8, 4) is 0 Å². The van der Waals surface area contributed by atoms with E-state index in [1.54, 1.807) is 31.4 Å². The zero-order chi connectivity index (χ0) is 15.2. The summed E-state index contributed by atoms with van der Waals surface area (Å²) in [5, 5.41) is 7.66. The molecule has 0 aliphatic rings. The number of rotatable bonds is 5. The van der Waals surface area contributed by atoms with Crippen LogP contribution in [-0.2, 0) is 4.79 Å². The molecule has 21 heavy (non-hydrogen) atoms. The minimum atomic E-state index is -0.250. The molecule has 0 bridgehead atoms. The van der Waals surface area contributed by atoms with E-state index >= 15 is 0 Å². The van der Waals surface area contributed by atoms with Gasteiger partial charge in [-0.3, -0.25) is 4.79 Å². The zero-order valence-corrected chi connectivity index (χ0v) is 12.6. The molecule has 1 aromatic carbocycles. The van der Waals surface area contributed by atoms with Gasteiger partial charge in [0.2, 0.25) is 0 Å². The first kappa shape index (κ1) is 15.1. The number of halogens is 1. The van der Waals surface area contributed by atoms with Crippen molar-refractivity contribution in [1.82, 2.24) is 5.43 Å². The van der Waals surface area contributed by atoms with Crippen LogP contribution in [-0.4, -0.2) is 18.2 Å². The van der Waals surface area contributed by atoms with Gasteiger partial charge in [0.15, 0.2) is 0 Å². The van der Waals surface area contributed by atoms with Crippen LogP contribution in [0.4, 0.5) is 5.69 Å². The largest absolute Gasteiger partial charge is 0.463 e. The highest BCUT2D eigenvalue weighted by molar-refractivity contribution is 6.31. The van der Waals surface area contributed by atoms with Crippen LogP contribution in [0.2, 0.25) is 5.02 Å². The van der Waals surface area contributed by atoms with Crippen LogP contribution in [0.1, 0.15) is 18.2 Å². The number of anilines is 1. The van der Waals surface area contributed by atoms with Crippen LogP contribution in [0.15, 0.2) is 46.1 Å². The SMILES string of the molecule is C/C(=N\NC(=O)CNc1cccc(Cl)c1C)c1ccco1. The number of amides is 1. The molecule has 0 unspecified atom stereocenters. The van der Waals surface area contributed by atoms with Gasteiger partial charge in [-0.25, -0.2) is 5.43 Å². The highest BCUT2D eigenvalue weighted by Gasteiger charge is 2.05. The van der Waals surface area contributed by atoms with Crippen molar-refractivity contribution in [3.63, 3.8) is 0 Å². The van der Waals surface area contributed by atoms with E-state index < -0.39 is 0 Å². The monoisotopic (exact) mass is 305 g/mol. The third-order valence-electron chi connectivity index (χ3n) is 2.93. The fourth-order valence-corrected chi connectivity index (χ4v) is 1.87. The lowest BCUT2D eigenvalue weighted by molar-refractivity contribution is -0.119. The first-order chi connectivity index (χ1) is 10.1. The average Bonchev–Trinajstić information content (AvgIpc) is 3.00. The van der Waals surface area contributed by atoms with Crippen molar-refractivity contribution >= 4 is 28.9 Å². The molecule has 0 atom stereocenters. The normalized spacial score (nSPS) is 11.3. The summed E-state index contributed by atoms with van der Waals surface area (Å²) in [4.78, 5) is 11.7. The van der Waals surface area contributed by atoms with Crippen molar-refractivity contribution in [3.05, 3.63) is 52.9 Å². The molecular weight excluding hydrogens is 290 g/mol. The van der Waals surface area contributed by atoms with Gasteiger partial charge in [0.1, 0.15) is 11.5 Å². The Morgan fingerprint density at radius 1 is 1.33 bits per heavy atom. The third kappa shape index (κ3) is 4.10. The molecule has 2 aromatic rings. The maximum Gasteiger partial charge on any atom is 0.259 e. The zero-order valence-electron chi connectivity index (χ0n) is 11.8. The van der Waals surface area contributed by atoms with Gasteiger partial charge in [-0.05, 0) is 43.7 Å². The number of hydrazone groups is 1. The van der Waals surface area contributed by atoms with Crippen LogP contribution in [0.25, 0.3) is 0 Å². The number of nitrogens with zero attached hydrogens (tertiary/aromatic N) is 1. The van der Waals surface area contributed by atoms with Crippen LogP contribution in [0, 0.1) is 6.92 Å². The molecule has 0 aliphatic carbocycles. The summed E-state index contributed by atoms with van der Waals surface area (Å²) in [7, 11) is 0. The number of benzene rings is 1. The van der Waals surface area contributed by atoms with Gasteiger partial charge in [0.25, 0.3) is 5.91 Å². The first-order valence-electron chi connectivity index (χ1n) is 6.44. The van der Waals surface area contributed by atoms with Gasteiger partial charge >= 0.3 is 0 Å². The molecule has 110 valence electrons. The lowest BCUT2D eigenvalue weighted by Crippen LogP contribution is -2.27. The van der Waals surface area contributed by atoms with Crippen molar-refractivity contribution in [2.45, 2.75) is 13.8 Å². The van der Waals surface area contributed by atoms with Crippen LogP contribution in [0.3, 0.4) is 0 Å². The van der Waals surface area contributed by atoms with E-state index in [4.69, 9.17) is 16.0 Å². The van der Waals surface area contributed by atoms with E-state index in [2.05, 4.69) is 15.8 Å². The van der Waals surface area contributed by atoms with Gasteiger partial charge in [-0.2, -0.15) is 5.10 Å². The van der Waals surface area contributed by atoms with Crippen LogP contribution >= 0.6 is 11.6 Å². The molecule has 2 rings (SSSR count). The van der Waals surface area contributed by atoms with Crippen molar-refractivity contribution in [1.29, 1.82) is 0 Å². The summed E-state index contributed by atoms with van der Waals surface area (Å²) in [6, 6.07) is 9.04. The summed E-state index contributed by atoms with van der Waals surface area (Å²) in [5.41, 5.74) is 4.80. The smallest absolute Gasteiger partial charge is 0.259 e. The van der Waals surface area contributed by atoms with Gasteiger partial charge in [-0.1, -0.05) is 17.7 Å². The number of carbonyl (C=O) groups is 1. The minimum absolute atomic E-state index is 0.107. The predicted octanol–water partition coefficient (Wildman–Crippen LogP) is 3.19. The van der Waals surface area contributed by atoms with E-state index in [1.165, 1.54) is 0 Å². The maximum atomic E-state index is 11.7. The molecule has 1 amide bonds. The molecular formula is C15H16ClN3O2. The number of nitrogens with one attached hydrogen (secondary N) is 2. The molecule has 0 radical (unpaired) electrons. The molecule has 0 saturated heterocycles. The predicted molar refractivity (Wildman–Crippen MR) is 83.7 cm³/mol. The Morgan fingerprint density at radius 2 is 2.14 bits per heavy atom. The fourth-order valence-electron chi connectivity index (χ4n) is 1.70. The molecule has 6 heteroatoms. The Hall–Kier alpha value is -2.27. The summed E-state index contributed by atoms with van der Waals surface area (Å²) >= 11 is 6.02. The number of furan rings is 1. The number of carbonyl (C=O) groups excluding carboxylic acids is 1. The molecule has 0 aliphatic heterocycles. The van der Waals surface area contributed by atoms with Crippen LogP contribution < -0.4 is 10.7 Å². The lowest BCUT2D eigenvalue weighted by Gasteiger charge is -2.09. The van der Waals surface area contributed by atoms with Gasteiger partial charge < -0.3 is 9.73 Å². The highest BCUT2D eigenvalue weighted by Crippen LogP contribution is 2.22. The van der Waals surface area contributed by atoms with Crippen LogP contribution in [0.5, 0.6) is 0 Å². The summed E-state index contributed by atoms with van der Waals surface area (Å²) in [6.45, 7) is 3.76. The van der Waals surface area contributed by atoms with Gasteiger partial charge in [0, 0.05) is 10.7 Å². The molecule has 0 spiro atoms. The second-order valence-corrected chi connectivity index (χ2v) is 4.88. The molecule has 2 N–H and O–H groups in total. The molecule has 0 saturated carbocycles. The average molecular weight is 306 g/mol. The first-order valence-corrected chi connectivity index (χ1v) is 6.81. The Kier molecular flexibility index (Phi) is 5.00. The Bertz CT molecular complexity index is 651.